The standard InChI is InChI=1S/C15H23BrO/c1-10-5-6-11(16)13(2,3)15(10)8-7-14(4)12(9-15)17-14/h5,11-12H,6-9H2,1-4H3/t11-,12+,14+,15+/m0/s1. The second kappa shape index (κ2) is 3.39. The van der Waals surface area contributed by atoms with Crippen molar-refractivity contribution in [2.45, 2.75) is 69.9 Å². The van der Waals surface area contributed by atoms with Crippen LogP contribution in [0.15, 0.2) is 11.6 Å². The first-order valence-electron chi connectivity index (χ1n) is 6.81. The van der Waals surface area contributed by atoms with E-state index in [2.05, 4.69) is 49.7 Å². The van der Waals surface area contributed by atoms with E-state index in [1.807, 2.05) is 0 Å². The zero-order chi connectivity index (χ0) is 12.5. The molecular formula is C15H23BrO. The van der Waals surface area contributed by atoms with Crippen LogP contribution in [0.3, 0.4) is 0 Å². The molecule has 2 fully saturated rings. The van der Waals surface area contributed by atoms with Gasteiger partial charge in [-0.15, -0.1) is 0 Å². The molecule has 96 valence electrons. The quantitative estimate of drug-likeness (QED) is 0.366. The van der Waals surface area contributed by atoms with E-state index in [4.69, 9.17) is 4.74 Å². The maximum absolute atomic E-state index is 5.93. The van der Waals surface area contributed by atoms with E-state index in [1.165, 1.54) is 25.7 Å². The number of alkyl halides is 1. The van der Waals surface area contributed by atoms with E-state index in [-0.39, 0.29) is 5.60 Å². The molecule has 0 aromatic heterocycles. The van der Waals surface area contributed by atoms with E-state index >= 15 is 0 Å². The van der Waals surface area contributed by atoms with Crippen LogP contribution in [0.2, 0.25) is 0 Å². The molecule has 0 radical (unpaired) electrons. The SMILES string of the molecule is CC1=CC[C@H](Br)C(C)(C)[C@@]12CC[C@@]1(C)O[C@@H]1C2. The maximum atomic E-state index is 5.93. The monoisotopic (exact) mass is 298 g/mol. The van der Waals surface area contributed by atoms with Crippen LogP contribution in [-0.2, 0) is 4.74 Å². The highest BCUT2D eigenvalue weighted by Crippen LogP contribution is 2.65. The van der Waals surface area contributed by atoms with Gasteiger partial charge in [-0.25, -0.2) is 0 Å². The molecule has 0 aromatic carbocycles. The highest BCUT2D eigenvalue weighted by atomic mass is 79.9. The van der Waals surface area contributed by atoms with Crippen LogP contribution in [0, 0.1) is 10.8 Å². The van der Waals surface area contributed by atoms with Crippen molar-refractivity contribution < 1.29 is 4.74 Å². The smallest absolute Gasteiger partial charge is 0.0921 e. The number of fused-ring (bicyclic) bond motifs is 1. The Morgan fingerprint density at radius 1 is 1.29 bits per heavy atom. The Morgan fingerprint density at radius 3 is 2.65 bits per heavy atom. The lowest BCUT2D eigenvalue weighted by Crippen LogP contribution is -2.50. The number of ether oxygens (including phenoxy) is 1. The lowest BCUT2D eigenvalue weighted by molar-refractivity contribution is 0.0558. The molecule has 3 aliphatic rings. The molecular weight excluding hydrogens is 276 g/mol. The predicted octanol–water partition coefficient (Wildman–Crippen LogP) is 4.45. The largest absolute Gasteiger partial charge is 0.366 e. The molecule has 1 aliphatic heterocycles. The van der Waals surface area contributed by atoms with Crippen LogP contribution in [0.4, 0.5) is 0 Å². The van der Waals surface area contributed by atoms with Crippen molar-refractivity contribution in [3.8, 4) is 0 Å². The molecule has 2 aliphatic carbocycles. The van der Waals surface area contributed by atoms with Gasteiger partial charge in [0.2, 0.25) is 0 Å². The molecule has 1 heterocycles. The van der Waals surface area contributed by atoms with Gasteiger partial charge in [-0.1, -0.05) is 41.4 Å². The van der Waals surface area contributed by atoms with E-state index < -0.39 is 0 Å². The number of allylic oxidation sites excluding steroid dienone is 2. The molecule has 0 bridgehead atoms. The summed E-state index contributed by atoms with van der Waals surface area (Å²) >= 11 is 3.91. The molecule has 1 saturated carbocycles. The fourth-order valence-corrected chi connectivity index (χ4v) is 4.80. The average molecular weight is 299 g/mol. The van der Waals surface area contributed by atoms with Gasteiger partial charge >= 0.3 is 0 Å². The van der Waals surface area contributed by atoms with E-state index in [1.54, 1.807) is 5.57 Å². The van der Waals surface area contributed by atoms with E-state index in [0.717, 1.165) is 0 Å². The topological polar surface area (TPSA) is 12.5 Å². The number of halogens is 1. The van der Waals surface area contributed by atoms with Gasteiger partial charge in [-0.05, 0) is 50.4 Å². The van der Waals surface area contributed by atoms with Crippen LogP contribution < -0.4 is 0 Å². The van der Waals surface area contributed by atoms with E-state index in [9.17, 15) is 0 Å². The Bertz CT molecular complexity index is 386. The number of hydrogen-bond acceptors (Lipinski definition) is 1. The third-order valence-electron chi connectivity index (χ3n) is 6.02. The molecule has 0 aromatic rings. The van der Waals surface area contributed by atoms with Crippen molar-refractivity contribution in [2.24, 2.45) is 10.8 Å². The summed E-state index contributed by atoms with van der Waals surface area (Å²) in [6, 6.07) is 0. The Morgan fingerprint density at radius 2 is 2.00 bits per heavy atom. The van der Waals surface area contributed by atoms with Crippen molar-refractivity contribution in [1.29, 1.82) is 0 Å². The second-order valence-corrected chi connectivity index (χ2v) is 8.12. The first-order chi connectivity index (χ1) is 7.82. The Kier molecular flexibility index (Phi) is 2.44. The normalized spacial score (nSPS) is 51.9. The predicted molar refractivity (Wildman–Crippen MR) is 74.4 cm³/mol. The van der Waals surface area contributed by atoms with Crippen molar-refractivity contribution in [3.05, 3.63) is 11.6 Å². The molecule has 0 N–H and O–H groups in total. The fourth-order valence-electron chi connectivity index (χ4n) is 4.17. The molecule has 3 rings (SSSR count). The van der Waals surface area contributed by atoms with Gasteiger partial charge in [-0.3, -0.25) is 0 Å². The Hall–Kier alpha value is 0.180. The zero-order valence-electron chi connectivity index (χ0n) is 11.3. The summed E-state index contributed by atoms with van der Waals surface area (Å²) in [5, 5.41) is 0. The number of epoxide rings is 1. The summed E-state index contributed by atoms with van der Waals surface area (Å²) in [6.45, 7) is 9.50. The van der Waals surface area contributed by atoms with Gasteiger partial charge in [0.05, 0.1) is 11.7 Å². The number of rotatable bonds is 0. The Labute approximate surface area is 113 Å². The summed E-state index contributed by atoms with van der Waals surface area (Å²) in [5.74, 6) is 0. The first-order valence-corrected chi connectivity index (χ1v) is 7.73. The first kappa shape index (κ1) is 12.2. The fraction of sp³-hybridized carbons (Fsp3) is 0.867. The van der Waals surface area contributed by atoms with Crippen molar-refractivity contribution in [2.75, 3.05) is 0 Å². The van der Waals surface area contributed by atoms with Gasteiger partial charge in [0.15, 0.2) is 0 Å². The summed E-state index contributed by atoms with van der Waals surface area (Å²) in [7, 11) is 0. The van der Waals surface area contributed by atoms with Crippen LogP contribution >= 0.6 is 15.9 Å². The van der Waals surface area contributed by atoms with Gasteiger partial charge in [0.1, 0.15) is 0 Å². The summed E-state index contributed by atoms with van der Waals surface area (Å²) in [6.07, 6.45) is 7.88. The minimum atomic E-state index is 0.223. The van der Waals surface area contributed by atoms with E-state index in [0.29, 0.717) is 21.8 Å². The second-order valence-electron chi connectivity index (χ2n) is 7.02. The molecule has 1 spiro atoms. The maximum Gasteiger partial charge on any atom is 0.0921 e. The van der Waals surface area contributed by atoms with Crippen LogP contribution in [0.5, 0.6) is 0 Å². The summed E-state index contributed by atoms with van der Waals surface area (Å²) in [5.41, 5.74) is 2.52. The molecule has 0 amide bonds. The average Bonchev–Trinajstić information content (AvgIpc) is 2.93. The van der Waals surface area contributed by atoms with Gasteiger partial charge < -0.3 is 4.74 Å². The molecule has 1 saturated heterocycles. The minimum Gasteiger partial charge on any atom is -0.366 e. The van der Waals surface area contributed by atoms with Gasteiger partial charge in [0, 0.05) is 4.83 Å². The van der Waals surface area contributed by atoms with Gasteiger partial charge in [0.25, 0.3) is 0 Å². The summed E-state index contributed by atoms with van der Waals surface area (Å²) < 4.78 is 5.93. The third-order valence-corrected chi connectivity index (χ3v) is 7.54. The third kappa shape index (κ3) is 1.46. The summed E-state index contributed by atoms with van der Waals surface area (Å²) in [4.78, 5) is 0.599. The van der Waals surface area contributed by atoms with Crippen LogP contribution in [-0.4, -0.2) is 16.5 Å². The van der Waals surface area contributed by atoms with Gasteiger partial charge in [-0.2, -0.15) is 0 Å². The zero-order valence-corrected chi connectivity index (χ0v) is 12.9. The lowest BCUT2D eigenvalue weighted by Gasteiger charge is -2.55. The van der Waals surface area contributed by atoms with Crippen LogP contribution in [0.1, 0.15) is 53.4 Å². The van der Waals surface area contributed by atoms with Crippen molar-refractivity contribution in [1.82, 2.24) is 0 Å². The minimum absolute atomic E-state index is 0.223. The highest BCUT2D eigenvalue weighted by molar-refractivity contribution is 9.09. The van der Waals surface area contributed by atoms with Crippen LogP contribution in [0.25, 0.3) is 0 Å². The molecule has 17 heavy (non-hydrogen) atoms. The highest BCUT2D eigenvalue weighted by Gasteiger charge is 2.64. The van der Waals surface area contributed by atoms with Crippen molar-refractivity contribution >= 4 is 15.9 Å². The molecule has 4 atom stereocenters. The Balaban J connectivity index is 1.99. The molecule has 0 unspecified atom stereocenters. The van der Waals surface area contributed by atoms with Crippen molar-refractivity contribution in [3.63, 3.8) is 0 Å². The molecule has 2 heteroatoms. The lowest BCUT2D eigenvalue weighted by atomic mass is 9.51. The molecule has 1 nitrogen and oxygen atoms in total. The number of hydrogen-bond donors (Lipinski definition) is 0.